The lowest BCUT2D eigenvalue weighted by molar-refractivity contribution is 0.150. The van der Waals surface area contributed by atoms with Gasteiger partial charge in [0.25, 0.3) is 0 Å². The minimum Gasteiger partial charge on any atom is -0.508 e. The van der Waals surface area contributed by atoms with Crippen molar-refractivity contribution in [2.45, 2.75) is 31.3 Å². The summed E-state index contributed by atoms with van der Waals surface area (Å²) in [7, 11) is 0. The Balaban J connectivity index is 2.35. The van der Waals surface area contributed by atoms with Gasteiger partial charge in [-0.15, -0.1) is 0 Å². The van der Waals surface area contributed by atoms with E-state index in [4.69, 9.17) is 0 Å². The maximum atomic E-state index is 9.61. The van der Waals surface area contributed by atoms with Crippen LogP contribution in [-0.4, -0.2) is 16.3 Å². The first kappa shape index (κ1) is 8.57. The van der Waals surface area contributed by atoms with Crippen LogP contribution in [0.25, 0.3) is 0 Å². The molecule has 13 heavy (non-hydrogen) atoms. The summed E-state index contributed by atoms with van der Waals surface area (Å²) in [4.78, 5) is 0. The van der Waals surface area contributed by atoms with E-state index < -0.39 is 0 Å². The van der Waals surface area contributed by atoms with Crippen LogP contribution >= 0.6 is 0 Å². The Labute approximate surface area is 77.8 Å². The number of hydrogen-bond acceptors (Lipinski definition) is 2. The van der Waals surface area contributed by atoms with Crippen molar-refractivity contribution in [1.82, 2.24) is 0 Å². The van der Waals surface area contributed by atoms with Crippen molar-refractivity contribution < 1.29 is 10.2 Å². The topological polar surface area (TPSA) is 40.5 Å². The van der Waals surface area contributed by atoms with Crippen molar-refractivity contribution >= 4 is 0 Å². The molecule has 70 valence electrons. The molecule has 1 aromatic rings. The standard InChI is InChI=1S/C11H14O2/c1-8(12)11(5-6-11)9-3-2-4-10(13)7-9/h2-4,7-8,12-13H,5-6H2,1H3. The Hall–Kier alpha value is -1.02. The van der Waals surface area contributed by atoms with Gasteiger partial charge in [-0.1, -0.05) is 12.1 Å². The second kappa shape index (κ2) is 2.74. The smallest absolute Gasteiger partial charge is 0.115 e. The van der Waals surface area contributed by atoms with Crippen LogP contribution in [0.15, 0.2) is 24.3 Å². The van der Waals surface area contributed by atoms with E-state index in [2.05, 4.69) is 0 Å². The monoisotopic (exact) mass is 178 g/mol. The zero-order valence-electron chi connectivity index (χ0n) is 7.70. The zero-order chi connectivity index (χ0) is 9.47. The minimum absolute atomic E-state index is 0.0707. The van der Waals surface area contributed by atoms with Gasteiger partial charge in [0.05, 0.1) is 6.10 Å². The Morgan fingerprint density at radius 1 is 1.38 bits per heavy atom. The summed E-state index contributed by atoms with van der Waals surface area (Å²) in [5, 5.41) is 18.9. The number of phenolic OH excluding ortho intramolecular Hbond substituents is 1. The van der Waals surface area contributed by atoms with Crippen molar-refractivity contribution in [3.8, 4) is 5.75 Å². The number of hydrogen-bond donors (Lipinski definition) is 2. The highest BCUT2D eigenvalue weighted by Crippen LogP contribution is 2.51. The number of benzene rings is 1. The van der Waals surface area contributed by atoms with E-state index in [0.717, 1.165) is 18.4 Å². The molecule has 1 unspecified atom stereocenters. The third kappa shape index (κ3) is 1.31. The number of aliphatic hydroxyl groups excluding tert-OH is 1. The SMILES string of the molecule is CC(O)C1(c2cccc(O)c2)CC1. The summed E-state index contributed by atoms with van der Waals surface area (Å²) in [5.74, 6) is 0.282. The van der Waals surface area contributed by atoms with E-state index in [1.165, 1.54) is 0 Å². The summed E-state index contributed by atoms with van der Waals surface area (Å²) in [6, 6.07) is 7.20. The lowest BCUT2D eigenvalue weighted by atomic mass is 9.91. The largest absolute Gasteiger partial charge is 0.508 e. The van der Waals surface area contributed by atoms with Crippen LogP contribution in [0.3, 0.4) is 0 Å². The highest BCUT2D eigenvalue weighted by atomic mass is 16.3. The molecule has 2 rings (SSSR count). The molecular formula is C11H14O2. The molecule has 1 aliphatic carbocycles. The van der Waals surface area contributed by atoms with E-state index in [1.807, 2.05) is 19.1 Å². The number of phenols is 1. The van der Waals surface area contributed by atoms with Crippen molar-refractivity contribution in [3.05, 3.63) is 29.8 Å². The van der Waals surface area contributed by atoms with Gasteiger partial charge in [0.1, 0.15) is 5.75 Å². The van der Waals surface area contributed by atoms with Gasteiger partial charge in [-0.2, -0.15) is 0 Å². The molecule has 1 fully saturated rings. The maximum Gasteiger partial charge on any atom is 0.115 e. The quantitative estimate of drug-likeness (QED) is 0.725. The highest BCUT2D eigenvalue weighted by Gasteiger charge is 2.48. The highest BCUT2D eigenvalue weighted by molar-refractivity contribution is 5.37. The van der Waals surface area contributed by atoms with Crippen LogP contribution in [0.2, 0.25) is 0 Å². The predicted molar refractivity (Wildman–Crippen MR) is 50.7 cm³/mol. The molecular weight excluding hydrogens is 164 g/mol. The second-order valence-corrected chi connectivity index (χ2v) is 3.88. The summed E-state index contributed by atoms with van der Waals surface area (Å²) >= 11 is 0. The fraction of sp³-hybridized carbons (Fsp3) is 0.455. The first-order valence-corrected chi connectivity index (χ1v) is 4.63. The summed E-state index contributed by atoms with van der Waals surface area (Å²) in [5.41, 5.74) is 0.987. The molecule has 0 radical (unpaired) electrons. The maximum absolute atomic E-state index is 9.61. The molecule has 0 heterocycles. The number of aromatic hydroxyl groups is 1. The fourth-order valence-corrected chi connectivity index (χ4v) is 1.90. The van der Waals surface area contributed by atoms with Crippen molar-refractivity contribution in [2.24, 2.45) is 0 Å². The average molecular weight is 178 g/mol. The van der Waals surface area contributed by atoms with Crippen LogP contribution in [0, 0.1) is 0 Å². The normalized spacial score (nSPS) is 21.1. The molecule has 0 amide bonds. The Morgan fingerprint density at radius 3 is 2.54 bits per heavy atom. The molecule has 1 saturated carbocycles. The average Bonchev–Trinajstić information content (AvgIpc) is 2.83. The first-order chi connectivity index (χ1) is 6.15. The third-order valence-electron chi connectivity index (χ3n) is 3.01. The fourth-order valence-electron chi connectivity index (χ4n) is 1.90. The Morgan fingerprint density at radius 2 is 2.08 bits per heavy atom. The van der Waals surface area contributed by atoms with Crippen LogP contribution in [0.1, 0.15) is 25.3 Å². The minimum atomic E-state index is -0.325. The molecule has 2 heteroatoms. The summed E-state index contributed by atoms with van der Waals surface area (Å²) in [6.45, 7) is 1.82. The molecule has 0 spiro atoms. The molecule has 2 nitrogen and oxygen atoms in total. The molecule has 0 saturated heterocycles. The predicted octanol–water partition coefficient (Wildman–Crippen LogP) is 1.80. The van der Waals surface area contributed by atoms with Gasteiger partial charge in [-0.05, 0) is 37.5 Å². The van der Waals surface area contributed by atoms with Gasteiger partial charge < -0.3 is 10.2 Å². The van der Waals surface area contributed by atoms with E-state index >= 15 is 0 Å². The molecule has 2 N–H and O–H groups in total. The third-order valence-corrected chi connectivity index (χ3v) is 3.01. The van der Waals surface area contributed by atoms with Crippen molar-refractivity contribution in [3.63, 3.8) is 0 Å². The van der Waals surface area contributed by atoms with E-state index in [0.29, 0.717) is 0 Å². The van der Waals surface area contributed by atoms with E-state index in [9.17, 15) is 10.2 Å². The second-order valence-electron chi connectivity index (χ2n) is 3.88. The van der Waals surface area contributed by atoms with Gasteiger partial charge in [0, 0.05) is 5.41 Å². The summed E-state index contributed by atoms with van der Waals surface area (Å²) in [6.07, 6.45) is 1.72. The van der Waals surface area contributed by atoms with Gasteiger partial charge in [0.2, 0.25) is 0 Å². The molecule has 1 aliphatic rings. The van der Waals surface area contributed by atoms with Gasteiger partial charge in [-0.25, -0.2) is 0 Å². The van der Waals surface area contributed by atoms with E-state index in [1.54, 1.807) is 12.1 Å². The van der Waals surface area contributed by atoms with Crippen molar-refractivity contribution in [1.29, 1.82) is 0 Å². The Bertz CT molecular complexity index is 314. The van der Waals surface area contributed by atoms with Crippen LogP contribution < -0.4 is 0 Å². The van der Waals surface area contributed by atoms with Gasteiger partial charge in [0.15, 0.2) is 0 Å². The van der Waals surface area contributed by atoms with Gasteiger partial charge in [-0.3, -0.25) is 0 Å². The molecule has 0 aromatic heterocycles. The molecule has 1 aromatic carbocycles. The van der Waals surface area contributed by atoms with Crippen LogP contribution in [0.4, 0.5) is 0 Å². The first-order valence-electron chi connectivity index (χ1n) is 4.63. The number of aliphatic hydroxyl groups is 1. The zero-order valence-corrected chi connectivity index (χ0v) is 7.70. The summed E-state index contributed by atoms with van der Waals surface area (Å²) < 4.78 is 0. The number of rotatable bonds is 2. The van der Waals surface area contributed by atoms with E-state index in [-0.39, 0.29) is 17.3 Å². The van der Waals surface area contributed by atoms with Gasteiger partial charge >= 0.3 is 0 Å². The molecule has 0 aliphatic heterocycles. The Kier molecular flexibility index (Phi) is 1.81. The van der Waals surface area contributed by atoms with Crippen molar-refractivity contribution in [2.75, 3.05) is 0 Å². The molecule has 1 atom stereocenters. The van der Waals surface area contributed by atoms with Crippen LogP contribution in [-0.2, 0) is 5.41 Å². The lowest BCUT2D eigenvalue weighted by Gasteiger charge is -2.18. The molecule has 0 bridgehead atoms. The lowest BCUT2D eigenvalue weighted by Crippen LogP contribution is -2.22. The van der Waals surface area contributed by atoms with Crippen LogP contribution in [0.5, 0.6) is 5.75 Å².